The number of carbonyl (C=O) groups is 1. The first-order chi connectivity index (χ1) is 15.0. The molecule has 2 aromatic carbocycles. The van der Waals surface area contributed by atoms with Crippen molar-refractivity contribution in [2.45, 2.75) is 6.61 Å². The van der Waals surface area contributed by atoms with Crippen molar-refractivity contribution in [3.63, 3.8) is 0 Å². The minimum atomic E-state index is -0.447. The highest BCUT2D eigenvalue weighted by atomic mass is 35.5. The molecule has 31 heavy (non-hydrogen) atoms. The number of carbonyl (C=O) groups excluding carboxylic acids is 1. The molecule has 0 saturated carbocycles. The molecule has 1 amide bonds. The molecular formula is C23H17Cl2NO5. The summed E-state index contributed by atoms with van der Waals surface area (Å²) in [6, 6.07) is 17.0. The fourth-order valence-electron chi connectivity index (χ4n) is 3.03. The average molecular weight is 458 g/mol. The smallest absolute Gasteiger partial charge is 0.291 e. The molecule has 4 rings (SSSR count). The van der Waals surface area contributed by atoms with Crippen LogP contribution in [0, 0.1) is 0 Å². The van der Waals surface area contributed by atoms with Gasteiger partial charge in [-0.1, -0.05) is 23.2 Å². The molecule has 0 aliphatic rings. The van der Waals surface area contributed by atoms with Crippen molar-refractivity contribution in [2.24, 2.45) is 0 Å². The van der Waals surface area contributed by atoms with Crippen molar-refractivity contribution in [1.82, 2.24) is 0 Å². The summed E-state index contributed by atoms with van der Waals surface area (Å²) in [6.45, 7) is -0.195. The van der Waals surface area contributed by atoms with E-state index in [2.05, 4.69) is 5.32 Å². The number of methoxy groups -OCH3 is 1. The summed E-state index contributed by atoms with van der Waals surface area (Å²) in [5.41, 5.74) is 1.86. The van der Waals surface area contributed by atoms with E-state index < -0.39 is 5.91 Å². The first-order valence-corrected chi connectivity index (χ1v) is 9.98. The Morgan fingerprint density at radius 2 is 1.65 bits per heavy atom. The zero-order chi connectivity index (χ0) is 22.0. The van der Waals surface area contributed by atoms with Gasteiger partial charge in [0.05, 0.1) is 22.8 Å². The summed E-state index contributed by atoms with van der Waals surface area (Å²) in [6.07, 6.45) is 0. The zero-order valence-corrected chi connectivity index (χ0v) is 17.8. The maximum atomic E-state index is 12.8. The van der Waals surface area contributed by atoms with Crippen LogP contribution >= 0.6 is 23.2 Å². The molecule has 6 nitrogen and oxygen atoms in total. The fourth-order valence-corrected chi connectivity index (χ4v) is 3.32. The van der Waals surface area contributed by atoms with Crippen LogP contribution in [0.5, 0.6) is 5.75 Å². The van der Waals surface area contributed by atoms with Gasteiger partial charge in [-0.3, -0.25) is 4.79 Å². The van der Waals surface area contributed by atoms with Crippen LogP contribution in [-0.2, 0) is 6.61 Å². The number of nitrogens with one attached hydrogen (secondary N) is 1. The molecule has 0 bridgehead atoms. The number of hydrogen-bond donors (Lipinski definition) is 2. The van der Waals surface area contributed by atoms with Gasteiger partial charge >= 0.3 is 0 Å². The number of rotatable bonds is 6. The molecule has 0 aliphatic carbocycles. The van der Waals surface area contributed by atoms with E-state index in [4.69, 9.17) is 36.8 Å². The second kappa shape index (κ2) is 8.89. The largest absolute Gasteiger partial charge is 0.495 e. The van der Waals surface area contributed by atoms with Crippen molar-refractivity contribution >= 4 is 34.8 Å². The van der Waals surface area contributed by atoms with Crippen LogP contribution in [0.1, 0.15) is 16.3 Å². The highest BCUT2D eigenvalue weighted by Gasteiger charge is 2.16. The third-order valence-electron chi connectivity index (χ3n) is 4.58. The third kappa shape index (κ3) is 4.46. The highest BCUT2D eigenvalue weighted by molar-refractivity contribution is 6.42. The monoisotopic (exact) mass is 457 g/mol. The van der Waals surface area contributed by atoms with E-state index in [1.807, 2.05) is 0 Å². The van der Waals surface area contributed by atoms with Crippen LogP contribution in [0.2, 0.25) is 10.0 Å². The fraction of sp³-hybridized carbons (Fsp3) is 0.0870. The number of halogens is 2. The van der Waals surface area contributed by atoms with Gasteiger partial charge in [0.1, 0.15) is 29.6 Å². The lowest BCUT2D eigenvalue weighted by atomic mass is 10.1. The SMILES string of the molecule is COc1ccc(-c2ccc(CO)o2)cc1NC(=O)c1ccc(-c2ccc(Cl)c(Cl)c2)o1. The van der Waals surface area contributed by atoms with Crippen molar-refractivity contribution in [3.8, 4) is 28.4 Å². The second-order valence-corrected chi connectivity index (χ2v) is 7.40. The van der Waals surface area contributed by atoms with E-state index >= 15 is 0 Å². The van der Waals surface area contributed by atoms with Gasteiger partial charge in [0, 0.05) is 11.1 Å². The summed E-state index contributed by atoms with van der Waals surface area (Å²) in [5, 5.41) is 12.8. The van der Waals surface area contributed by atoms with Crippen LogP contribution in [-0.4, -0.2) is 18.1 Å². The Balaban J connectivity index is 1.58. The number of aliphatic hydroxyl groups is 1. The van der Waals surface area contributed by atoms with Gasteiger partial charge in [0.2, 0.25) is 0 Å². The lowest BCUT2D eigenvalue weighted by molar-refractivity contribution is 0.0997. The van der Waals surface area contributed by atoms with Crippen molar-refractivity contribution in [1.29, 1.82) is 0 Å². The van der Waals surface area contributed by atoms with Gasteiger partial charge in [-0.2, -0.15) is 0 Å². The summed E-state index contributed by atoms with van der Waals surface area (Å²) in [5.74, 6) is 1.63. The Morgan fingerprint density at radius 3 is 2.35 bits per heavy atom. The van der Waals surface area contributed by atoms with Gasteiger partial charge in [0.15, 0.2) is 5.76 Å². The number of amides is 1. The van der Waals surface area contributed by atoms with Crippen molar-refractivity contribution in [2.75, 3.05) is 12.4 Å². The van der Waals surface area contributed by atoms with Gasteiger partial charge in [-0.25, -0.2) is 0 Å². The van der Waals surface area contributed by atoms with Gasteiger partial charge in [-0.15, -0.1) is 0 Å². The van der Waals surface area contributed by atoms with Gasteiger partial charge < -0.3 is 24.0 Å². The Morgan fingerprint density at radius 1 is 0.935 bits per heavy atom. The second-order valence-electron chi connectivity index (χ2n) is 6.59. The first kappa shape index (κ1) is 21.1. The van der Waals surface area contributed by atoms with Crippen LogP contribution in [0.3, 0.4) is 0 Å². The number of furan rings is 2. The number of benzene rings is 2. The quantitative estimate of drug-likeness (QED) is 0.356. The predicted molar refractivity (Wildman–Crippen MR) is 119 cm³/mol. The molecular weight excluding hydrogens is 441 g/mol. The molecule has 2 aromatic heterocycles. The maximum absolute atomic E-state index is 12.8. The first-order valence-electron chi connectivity index (χ1n) is 9.23. The highest BCUT2D eigenvalue weighted by Crippen LogP contribution is 2.33. The Labute approximate surface area is 188 Å². The van der Waals surface area contributed by atoms with Gasteiger partial charge in [0.25, 0.3) is 5.91 Å². The summed E-state index contributed by atoms with van der Waals surface area (Å²) < 4.78 is 16.6. The molecule has 2 heterocycles. The molecule has 0 atom stereocenters. The van der Waals surface area contributed by atoms with E-state index in [1.165, 1.54) is 7.11 Å². The number of hydrogen-bond acceptors (Lipinski definition) is 5. The number of anilines is 1. The van der Waals surface area contributed by atoms with Crippen molar-refractivity contribution in [3.05, 3.63) is 82.2 Å². The molecule has 8 heteroatoms. The van der Waals surface area contributed by atoms with E-state index in [0.717, 1.165) is 0 Å². The van der Waals surface area contributed by atoms with Crippen LogP contribution in [0.25, 0.3) is 22.6 Å². The van der Waals surface area contributed by atoms with E-state index in [0.29, 0.717) is 49.9 Å². The zero-order valence-electron chi connectivity index (χ0n) is 16.3. The molecule has 158 valence electrons. The lowest BCUT2D eigenvalue weighted by Crippen LogP contribution is -2.11. The summed E-state index contributed by atoms with van der Waals surface area (Å²) >= 11 is 12.0. The minimum absolute atomic E-state index is 0.120. The molecule has 0 saturated heterocycles. The van der Waals surface area contributed by atoms with E-state index in [9.17, 15) is 9.90 Å². The Hall–Kier alpha value is -3.19. The normalized spacial score (nSPS) is 10.8. The van der Waals surface area contributed by atoms with Crippen LogP contribution in [0.4, 0.5) is 5.69 Å². The summed E-state index contributed by atoms with van der Waals surface area (Å²) in [7, 11) is 1.51. The molecule has 4 aromatic rings. The van der Waals surface area contributed by atoms with Crippen LogP contribution < -0.4 is 10.1 Å². The van der Waals surface area contributed by atoms with Crippen molar-refractivity contribution < 1.29 is 23.5 Å². The number of ether oxygens (including phenoxy) is 1. The van der Waals surface area contributed by atoms with E-state index in [-0.39, 0.29) is 12.4 Å². The molecule has 0 fully saturated rings. The minimum Gasteiger partial charge on any atom is -0.495 e. The molecule has 0 radical (unpaired) electrons. The van der Waals surface area contributed by atoms with E-state index in [1.54, 1.807) is 60.7 Å². The molecule has 0 aliphatic heterocycles. The topological polar surface area (TPSA) is 84.8 Å². The summed E-state index contributed by atoms with van der Waals surface area (Å²) in [4.78, 5) is 12.8. The standard InChI is InChI=1S/C23H17Cl2NO5/c1-29-21-6-3-14(19-7-4-15(12-27)30-19)11-18(21)26-23(28)22-9-8-20(31-22)13-2-5-16(24)17(25)10-13/h2-11,27H,12H2,1H3,(H,26,28). The molecule has 2 N–H and O–H groups in total. The lowest BCUT2D eigenvalue weighted by Gasteiger charge is -2.11. The Kier molecular flexibility index (Phi) is 6.04. The third-order valence-corrected chi connectivity index (χ3v) is 5.32. The van der Waals surface area contributed by atoms with Gasteiger partial charge in [-0.05, 0) is 60.7 Å². The molecule has 0 unspecified atom stereocenters. The molecule has 0 spiro atoms. The number of aliphatic hydroxyl groups excluding tert-OH is 1. The maximum Gasteiger partial charge on any atom is 0.291 e. The Bertz CT molecular complexity index is 1240. The van der Waals surface area contributed by atoms with Crippen LogP contribution in [0.15, 0.2) is 69.5 Å². The average Bonchev–Trinajstić information content (AvgIpc) is 3.45. The predicted octanol–water partition coefficient (Wildman–Crippen LogP) is 6.27.